The first-order valence-electron chi connectivity index (χ1n) is 6.17. The Kier molecular flexibility index (Phi) is 4.60. The molecule has 17 heavy (non-hydrogen) atoms. The summed E-state index contributed by atoms with van der Waals surface area (Å²) in [7, 11) is -1.60. The normalized spacial score (nSPS) is 18.6. The van der Waals surface area contributed by atoms with Crippen molar-refractivity contribution in [3.8, 4) is 0 Å². The summed E-state index contributed by atoms with van der Waals surface area (Å²) in [5.74, 6) is 0. The Bertz CT molecular complexity index is 301. The average molecular weight is 256 g/mol. The van der Waals surface area contributed by atoms with Crippen LogP contribution in [0.4, 0.5) is 0 Å². The lowest BCUT2D eigenvalue weighted by molar-refractivity contribution is 0.120. The van der Waals surface area contributed by atoms with E-state index >= 15 is 0 Å². The van der Waals surface area contributed by atoms with Crippen molar-refractivity contribution in [1.82, 2.24) is 4.90 Å². The summed E-state index contributed by atoms with van der Waals surface area (Å²) in [4.78, 5) is 5.09. The molecule has 0 spiro atoms. The van der Waals surface area contributed by atoms with Gasteiger partial charge in [0.05, 0.1) is 6.04 Å². The molecule has 1 heterocycles. The summed E-state index contributed by atoms with van der Waals surface area (Å²) in [5.41, 5.74) is 8.28. The SMILES string of the molecule is CC(C)(C)[Si](C)(C)OCCN1CC(N=[N+]=[N-])C1. The fourth-order valence-corrected chi connectivity index (χ4v) is 2.55. The molecule has 0 bridgehead atoms. The van der Waals surface area contributed by atoms with E-state index in [0.29, 0.717) is 0 Å². The molecule has 1 aliphatic rings. The summed E-state index contributed by atoms with van der Waals surface area (Å²) in [6.07, 6.45) is 0. The summed E-state index contributed by atoms with van der Waals surface area (Å²) in [6, 6.07) is 0.174. The topological polar surface area (TPSA) is 61.2 Å². The van der Waals surface area contributed by atoms with Crippen molar-refractivity contribution in [1.29, 1.82) is 0 Å². The van der Waals surface area contributed by atoms with Gasteiger partial charge in [-0.3, -0.25) is 0 Å². The third-order valence-corrected chi connectivity index (χ3v) is 8.37. The molecule has 0 radical (unpaired) electrons. The molecule has 1 fully saturated rings. The van der Waals surface area contributed by atoms with E-state index in [1.54, 1.807) is 0 Å². The molecule has 0 saturated carbocycles. The first kappa shape index (κ1) is 14.5. The van der Waals surface area contributed by atoms with E-state index in [1.165, 1.54) is 0 Å². The highest BCUT2D eigenvalue weighted by Crippen LogP contribution is 2.36. The summed E-state index contributed by atoms with van der Waals surface area (Å²) in [6.45, 7) is 14.8. The summed E-state index contributed by atoms with van der Waals surface area (Å²) < 4.78 is 6.09. The van der Waals surface area contributed by atoms with Gasteiger partial charge in [-0.15, -0.1) is 0 Å². The second kappa shape index (κ2) is 5.39. The molecule has 98 valence electrons. The van der Waals surface area contributed by atoms with Crippen LogP contribution in [0, 0.1) is 0 Å². The van der Waals surface area contributed by atoms with Crippen LogP contribution in [0.2, 0.25) is 18.1 Å². The molecule has 6 heteroatoms. The minimum absolute atomic E-state index is 0.174. The molecule has 1 aliphatic heterocycles. The summed E-state index contributed by atoms with van der Waals surface area (Å²) >= 11 is 0. The van der Waals surface area contributed by atoms with Gasteiger partial charge in [-0.05, 0) is 23.7 Å². The van der Waals surface area contributed by atoms with E-state index < -0.39 is 8.32 Å². The van der Waals surface area contributed by atoms with Gasteiger partial charge in [0.2, 0.25) is 0 Å². The highest BCUT2D eigenvalue weighted by molar-refractivity contribution is 6.74. The van der Waals surface area contributed by atoms with E-state index in [0.717, 1.165) is 26.2 Å². The molecule has 1 saturated heterocycles. The van der Waals surface area contributed by atoms with Crippen LogP contribution in [-0.2, 0) is 4.43 Å². The number of azide groups is 1. The predicted octanol–water partition coefficient (Wildman–Crippen LogP) is 3.00. The van der Waals surface area contributed by atoms with Gasteiger partial charge in [0, 0.05) is 31.2 Å². The van der Waals surface area contributed by atoms with Gasteiger partial charge in [-0.1, -0.05) is 25.9 Å². The van der Waals surface area contributed by atoms with Gasteiger partial charge < -0.3 is 9.33 Å². The Balaban J connectivity index is 2.20. The molecular formula is C11H24N4OSi. The first-order valence-corrected chi connectivity index (χ1v) is 9.07. The Labute approximate surface area is 105 Å². The molecule has 0 aromatic carbocycles. The maximum absolute atomic E-state index is 8.28. The van der Waals surface area contributed by atoms with Crippen molar-refractivity contribution in [2.75, 3.05) is 26.2 Å². The minimum atomic E-state index is -1.60. The fourth-order valence-electron chi connectivity index (χ4n) is 1.52. The highest BCUT2D eigenvalue weighted by Gasteiger charge is 2.37. The van der Waals surface area contributed by atoms with Crippen molar-refractivity contribution in [3.05, 3.63) is 10.4 Å². The lowest BCUT2D eigenvalue weighted by Crippen LogP contribution is -2.51. The van der Waals surface area contributed by atoms with E-state index in [1.807, 2.05) is 0 Å². The third-order valence-electron chi connectivity index (χ3n) is 3.83. The van der Waals surface area contributed by atoms with Gasteiger partial charge >= 0.3 is 0 Å². The molecule has 0 atom stereocenters. The zero-order valence-electron chi connectivity index (χ0n) is 11.6. The number of likely N-dealkylation sites (tertiary alicyclic amines) is 1. The van der Waals surface area contributed by atoms with Crippen molar-refractivity contribution in [2.45, 2.75) is 44.9 Å². The number of hydrogen-bond acceptors (Lipinski definition) is 3. The number of nitrogens with zero attached hydrogens (tertiary/aromatic N) is 4. The van der Waals surface area contributed by atoms with Crippen LogP contribution in [0.1, 0.15) is 20.8 Å². The van der Waals surface area contributed by atoms with E-state index in [2.05, 4.69) is 48.8 Å². The number of hydrogen-bond donors (Lipinski definition) is 0. The zero-order valence-corrected chi connectivity index (χ0v) is 12.6. The average Bonchev–Trinajstić information content (AvgIpc) is 2.11. The van der Waals surface area contributed by atoms with E-state index in [9.17, 15) is 0 Å². The molecular weight excluding hydrogens is 232 g/mol. The molecule has 0 N–H and O–H groups in total. The maximum Gasteiger partial charge on any atom is 0.192 e. The summed E-state index contributed by atoms with van der Waals surface area (Å²) in [5, 5.41) is 3.96. The Hall–Kier alpha value is -0.553. The van der Waals surface area contributed by atoms with Crippen molar-refractivity contribution in [3.63, 3.8) is 0 Å². The largest absolute Gasteiger partial charge is 0.416 e. The van der Waals surface area contributed by atoms with Gasteiger partial charge in [0.15, 0.2) is 8.32 Å². The highest BCUT2D eigenvalue weighted by atomic mass is 28.4. The van der Waals surface area contributed by atoms with Gasteiger partial charge in [-0.25, -0.2) is 0 Å². The molecule has 0 aromatic heterocycles. The second-order valence-electron chi connectivity index (χ2n) is 6.23. The van der Waals surface area contributed by atoms with Crippen LogP contribution in [0.15, 0.2) is 5.11 Å². The first-order chi connectivity index (χ1) is 7.76. The molecule has 0 unspecified atom stereocenters. The Morgan fingerprint density at radius 3 is 2.47 bits per heavy atom. The number of rotatable bonds is 5. The molecule has 0 aromatic rings. The van der Waals surface area contributed by atoms with Gasteiger partial charge in [0.1, 0.15) is 0 Å². The lowest BCUT2D eigenvalue weighted by atomic mass is 10.1. The van der Waals surface area contributed by atoms with Crippen molar-refractivity contribution in [2.24, 2.45) is 5.11 Å². The van der Waals surface area contributed by atoms with Crippen LogP contribution in [0.3, 0.4) is 0 Å². The molecule has 5 nitrogen and oxygen atoms in total. The quantitative estimate of drug-likeness (QED) is 0.328. The van der Waals surface area contributed by atoms with Crippen molar-refractivity contribution < 1.29 is 4.43 Å². The fraction of sp³-hybridized carbons (Fsp3) is 1.00. The van der Waals surface area contributed by atoms with Crippen LogP contribution in [0.25, 0.3) is 10.4 Å². The minimum Gasteiger partial charge on any atom is -0.416 e. The monoisotopic (exact) mass is 256 g/mol. The Morgan fingerprint density at radius 2 is 2.00 bits per heavy atom. The van der Waals surface area contributed by atoms with Crippen LogP contribution >= 0.6 is 0 Å². The van der Waals surface area contributed by atoms with Gasteiger partial charge in [0.25, 0.3) is 0 Å². The predicted molar refractivity (Wildman–Crippen MR) is 72.5 cm³/mol. The standard InChI is InChI=1S/C11H24N4OSi/c1-11(2,3)17(4,5)16-7-6-15-8-10(9-15)13-14-12/h10H,6-9H2,1-5H3. The van der Waals surface area contributed by atoms with Crippen molar-refractivity contribution >= 4 is 8.32 Å². The third kappa shape index (κ3) is 3.99. The van der Waals surface area contributed by atoms with Crippen LogP contribution in [0.5, 0.6) is 0 Å². The molecule has 0 aliphatic carbocycles. The molecule has 1 rings (SSSR count). The maximum atomic E-state index is 8.28. The second-order valence-corrected chi connectivity index (χ2v) is 11.0. The van der Waals surface area contributed by atoms with Crippen LogP contribution < -0.4 is 0 Å². The van der Waals surface area contributed by atoms with Gasteiger partial charge in [-0.2, -0.15) is 0 Å². The van der Waals surface area contributed by atoms with E-state index in [-0.39, 0.29) is 11.1 Å². The smallest absolute Gasteiger partial charge is 0.192 e. The lowest BCUT2D eigenvalue weighted by Gasteiger charge is -2.39. The molecule has 0 amide bonds. The zero-order chi connectivity index (χ0) is 13.1. The van der Waals surface area contributed by atoms with Crippen LogP contribution in [-0.4, -0.2) is 45.5 Å². The Morgan fingerprint density at radius 1 is 1.41 bits per heavy atom. The van der Waals surface area contributed by atoms with E-state index in [4.69, 9.17) is 9.96 Å².